The molecule has 1 unspecified atom stereocenters. The summed E-state index contributed by atoms with van der Waals surface area (Å²) in [5.41, 5.74) is 0.998. The third-order valence-corrected chi connectivity index (χ3v) is 2.83. The second-order valence-electron chi connectivity index (χ2n) is 3.41. The maximum Gasteiger partial charge on any atom is 0.320 e. The summed E-state index contributed by atoms with van der Waals surface area (Å²) < 4.78 is 0. The van der Waals surface area contributed by atoms with Crippen LogP contribution in [-0.4, -0.2) is 34.1 Å². The lowest BCUT2D eigenvalue weighted by Gasteiger charge is -2.13. The van der Waals surface area contributed by atoms with Crippen LogP contribution in [0.25, 0.3) is 0 Å². The Balaban J connectivity index is 2.41. The molecule has 0 aliphatic rings. The second kappa shape index (κ2) is 7.24. The van der Waals surface area contributed by atoms with Crippen LogP contribution in [0.15, 0.2) is 24.5 Å². The highest BCUT2D eigenvalue weighted by Gasteiger charge is 2.15. The number of thioether (sulfide) groups is 1. The van der Waals surface area contributed by atoms with Gasteiger partial charge in [0.15, 0.2) is 0 Å². The third kappa shape index (κ3) is 4.63. The van der Waals surface area contributed by atoms with Crippen molar-refractivity contribution in [1.29, 1.82) is 0 Å². The van der Waals surface area contributed by atoms with Gasteiger partial charge in [-0.05, 0) is 30.1 Å². The molecular formula is C11H16N2O2S. The molecule has 16 heavy (non-hydrogen) atoms. The molecule has 0 aromatic carbocycles. The van der Waals surface area contributed by atoms with E-state index in [4.69, 9.17) is 5.11 Å². The monoisotopic (exact) mass is 240 g/mol. The van der Waals surface area contributed by atoms with E-state index in [0.29, 0.717) is 13.0 Å². The van der Waals surface area contributed by atoms with E-state index in [1.807, 2.05) is 18.4 Å². The Morgan fingerprint density at radius 2 is 2.50 bits per heavy atom. The van der Waals surface area contributed by atoms with Crippen LogP contribution in [0.5, 0.6) is 0 Å². The fraction of sp³-hybridized carbons (Fsp3) is 0.455. The zero-order valence-electron chi connectivity index (χ0n) is 9.22. The summed E-state index contributed by atoms with van der Waals surface area (Å²) in [6.45, 7) is 0.541. The summed E-state index contributed by atoms with van der Waals surface area (Å²) in [4.78, 5) is 14.9. The molecule has 5 heteroatoms. The molecule has 0 radical (unpaired) electrons. The Kier molecular flexibility index (Phi) is 5.88. The number of aromatic nitrogens is 1. The molecule has 0 fully saturated rings. The molecule has 1 aromatic rings. The van der Waals surface area contributed by atoms with Crippen LogP contribution in [0.4, 0.5) is 0 Å². The summed E-state index contributed by atoms with van der Waals surface area (Å²) in [5.74, 6) is 0.0507. The summed E-state index contributed by atoms with van der Waals surface area (Å²) in [6.07, 6.45) is 6.04. The molecule has 0 spiro atoms. The van der Waals surface area contributed by atoms with Crippen molar-refractivity contribution in [3.8, 4) is 0 Å². The summed E-state index contributed by atoms with van der Waals surface area (Å²) in [7, 11) is 0. The molecule has 0 aliphatic heterocycles. The number of rotatable bonds is 7. The minimum Gasteiger partial charge on any atom is -0.480 e. The van der Waals surface area contributed by atoms with Crippen LogP contribution in [0.1, 0.15) is 12.0 Å². The van der Waals surface area contributed by atoms with Crippen LogP contribution in [0, 0.1) is 0 Å². The molecule has 0 saturated carbocycles. The quantitative estimate of drug-likeness (QED) is 0.754. The fourth-order valence-corrected chi connectivity index (χ4v) is 1.76. The van der Waals surface area contributed by atoms with Crippen LogP contribution >= 0.6 is 11.8 Å². The van der Waals surface area contributed by atoms with Gasteiger partial charge in [-0.3, -0.25) is 9.78 Å². The zero-order valence-corrected chi connectivity index (χ0v) is 10.0. The van der Waals surface area contributed by atoms with Gasteiger partial charge in [0.2, 0.25) is 0 Å². The molecule has 88 valence electrons. The van der Waals surface area contributed by atoms with Gasteiger partial charge in [-0.15, -0.1) is 0 Å². The lowest BCUT2D eigenvalue weighted by Crippen LogP contribution is -2.36. The molecule has 0 saturated heterocycles. The minimum absolute atomic E-state index is 0.479. The van der Waals surface area contributed by atoms with Gasteiger partial charge in [0.25, 0.3) is 0 Å². The van der Waals surface area contributed by atoms with Crippen molar-refractivity contribution < 1.29 is 9.90 Å². The predicted molar refractivity (Wildman–Crippen MR) is 65.5 cm³/mol. The SMILES string of the molecule is CSCCC(NCc1cccnc1)C(=O)O. The van der Waals surface area contributed by atoms with Crippen molar-refractivity contribution >= 4 is 17.7 Å². The number of carbonyl (C=O) groups is 1. The summed E-state index contributed by atoms with van der Waals surface area (Å²) >= 11 is 1.65. The van der Waals surface area contributed by atoms with Crippen LogP contribution in [0.2, 0.25) is 0 Å². The number of carboxylic acid groups (broad SMARTS) is 1. The van der Waals surface area contributed by atoms with E-state index in [-0.39, 0.29) is 0 Å². The van der Waals surface area contributed by atoms with Gasteiger partial charge in [0.05, 0.1) is 0 Å². The topological polar surface area (TPSA) is 62.2 Å². The minimum atomic E-state index is -0.794. The van der Waals surface area contributed by atoms with Crippen molar-refractivity contribution in [3.05, 3.63) is 30.1 Å². The number of nitrogens with one attached hydrogen (secondary N) is 1. The molecular weight excluding hydrogens is 224 g/mol. The average Bonchev–Trinajstić information content (AvgIpc) is 2.30. The number of aliphatic carboxylic acids is 1. The van der Waals surface area contributed by atoms with E-state index >= 15 is 0 Å². The first-order valence-electron chi connectivity index (χ1n) is 5.08. The molecule has 0 amide bonds. The van der Waals surface area contributed by atoms with E-state index in [1.54, 1.807) is 24.2 Å². The number of pyridine rings is 1. The van der Waals surface area contributed by atoms with Crippen molar-refractivity contribution in [1.82, 2.24) is 10.3 Å². The fourth-order valence-electron chi connectivity index (χ4n) is 1.29. The van der Waals surface area contributed by atoms with Crippen molar-refractivity contribution in [3.63, 3.8) is 0 Å². The third-order valence-electron chi connectivity index (χ3n) is 2.18. The van der Waals surface area contributed by atoms with Crippen molar-refractivity contribution in [2.24, 2.45) is 0 Å². The first kappa shape index (κ1) is 13.0. The van der Waals surface area contributed by atoms with Gasteiger partial charge < -0.3 is 10.4 Å². The first-order valence-corrected chi connectivity index (χ1v) is 6.47. The predicted octanol–water partition coefficient (Wildman–Crippen LogP) is 1.38. The Bertz CT molecular complexity index is 319. The van der Waals surface area contributed by atoms with Gasteiger partial charge in [-0.25, -0.2) is 0 Å². The maximum absolute atomic E-state index is 10.9. The van der Waals surface area contributed by atoms with Crippen LogP contribution < -0.4 is 5.32 Å². The lowest BCUT2D eigenvalue weighted by atomic mass is 10.2. The van der Waals surface area contributed by atoms with E-state index in [2.05, 4.69) is 10.3 Å². The number of hydrogen-bond donors (Lipinski definition) is 2. The van der Waals surface area contributed by atoms with E-state index in [9.17, 15) is 4.79 Å². The van der Waals surface area contributed by atoms with Crippen molar-refractivity contribution in [2.45, 2.75) is 19.0 Å². The van der Waals surface area contributed by atoms with Crippen molar-refractivity contribution in [2.75, 3.05) is 12.0 Å². The highest BCUT2D eigenvalue weighted by atomic mass is 32.2. The van der Waals surface area contributed by atoms with Gasteiger partial charge >= 0.3 is 5.97 Å². The summed E-state index contributed by atoms with van der Waals surface area (Å²) in [5, 5.41) is 12.0. The van der Waals surface area contributed by atoms with E-state index in [1.165, 1.54) is 0 Å². The number of nitrogens with zero attached hydrogens (tertiary/aromatic N) is 1. The Morgan fingerprint density at radius 1 is 1.69 bits per heavy atom. The Morgan fingerprint density at radius 3 is 3.06 bits per heavy atom. The van der Waals surface area contributed by atoms with Gasteiger partial charge in [0, 0.05) is 18.9 Å². The molecule has 0 bridgehead atoms. The number of hydrogen-bond acceptors (Lipinski definition) is 4. The number of carboxylic acids is 1. The molecule has 4 nitrogen and oxygen atoms in total. The van der Waals surface area contributed by atoms with E-state index in [0.717, 1.165) is 11.3 Å². The molecule has 1 rings (SSSR count). The standard InChI is InChI=1S/C11H16N2O2S/c1-16-6-4-10(11(14)15)13-8-9-3-2-5-12-7-9/h2-3,5,7,10,13H,4,6,8H2,1H3,(H,14,15). The van der Waals surface area contributed by atoms with E-state index < -0.39 is 12.0 Å². The Hall–Kier alpha value is -1.07. The maximum atomic E-state index is 10.9. The highest BCUT2D eigenvalue weighted by molar-refractivity contribution is 7.98. The highest BCUT2D eigenvalue weighted by Crippen LogP contribution is 2.03. The molecule has 1 heterocycles. The molecule has 2 N–H and O–H groups in total. The smallest absolute Gasteiger partial charge is 0.320 e. The zero-order chi connectivity index (χ0) is 11.8. The largest absolute Gasteiger partial charge is 0.480 e. The van der Waals surface area contributed by atoms with Crippen LogP contribution in [-0.2, 0) is 11.3 Å². The lowest BCUT2D eigenvalue weighted by molar-refractivity contribution is -0.139. The molecule has 0 aliphatic carbocycles. The normalized spacial score (nSPS) is 12.3. The second-order valence-corrected chi connectivity index (χ2v) is 4.40. The van der Waals surface area contributed by atoms with Gasteiger partial charge in [0.1, 0.15) is 6.04 Å². The first-order chi connectivity index (χ1) is 7.74. The molecule has 1 aromatic heterocycles. The van der Waals surface area contributed by atoms with Gasteiger partial charge in [-0.2, -0.15) is 11.8 Å². The Labute approximate surface area is 99.5 Å². The average molecular weight is 240 g/mol. The summed E-state index contributed by atoms with van der Waals surface area (Å²) in [6, 6.07) is 3.29. The van der Waals surface area contributed by atoms with Gasteiger partial charge in [-0.1, -0.05) is 6.07 Å². The molecule has 1 atom stereocenters. The van der Waals surface area contributed by atoms with Crippen LogP contribution in [0.3, 0.4) is 0 Å².